The average Bonchev–Trinajstić information content (AvgIpc) is 2.40. The third kappa shape index (κ3) is 2.76. The summed E-state index contributed by atoms with van der Waals surface area (Å²) in [5.41, 5.74) is 6.50. The molecule has 2 heterocycles. The molecule has 1 aromatic heterocycles. The molecule has 3 N–H and O–H groups in total. The molecule has 1 aromatic rings. The van der Waals surface area contributed by atoms with E-state index in [2.05, 4.69) is 15.1 Å². The maximum absolute atomic E-state index is 9.15. The van der Waals surface area contributed by atoms with Crippen LogP contribution in [-0.2, 0) is 0 Å². The number of rotatable bonds is 4. The van der Waals surface area contributed by atoms with Gasteiger partial charge in [0, 0.05) is 19.2 Å². The van der Waals surface area contributed by atoms with E-state index in [-0.39, 0.29) is 6.61 Å². The largest absolute Gasteiger partial charge is 0.396 e. The fourth-order valence-electron chi connectivity index (χ4n) is 2.46. The molecule has 1 atom stereocenters. The average molecular weight is 266 g/mol. The van der Waals surface area contributed by atoms with Gasteiger partial charge in [-0.05, 0) is 31.7 Å². The van der Waals surface area contributed by atoms with Gasteiger partial charge in [0.2, 0.25) is 0 Å². The quantitative estimate of drug-likeness (QED) is 0.787. The number of nitrogens with zero attached hydrogens (tertiary/aromatic N) is 3. The molecule has 1 fully saturated rings. The normalized spacial score (nSPS) is 19.8. The Balaban J connectivity index is 2.30. The second-order valence-electron chi connectivity index (χ2n) is 4.49. The molecule has 6 heteroatoms. The first kappa shape index (κ1) is 13.2. The highest BCUT2D eigenvalue weighted by Gasteiger charge is 2.25. The fourth-order valence-corrected chi connectivity index (χ4v) is 2.62. The Morgan fingerprint density at radius 1 is 1.56 bits per heavy atom. The summed E-state index contributed by atoms with van der Waals surface area (Å²) in [6.45, 7) is 1.10. The zero-order chi connectivity index (χ0) is 13.0. The van der Waals surface area contributed by atoms with Crippen LogP contribution in [0.25, 0.3) is 0 Å². The number of aliphatic hydroxyl groups is 1. The predicted molar refractivity (Wildman–Crippen MR) is 74.6 cm³/mol. The van der Waals surface area contributed by atoms with Crippen LogP contribution in [0.4, 0.5) is 5.82 Å². The van der Waals surface area contributed by atoms with Crippen LogP contribution < -0.4 is 10.6 Å². The van der Waals surface area contributed by atoms with E-state index < -0.39 is 0 Å². The molecule has 98 valence electrons. The lowest BCUT2D eigenvalue weighted by Crippen LogP contribution is -2.41. The van der Waals surface area contributed by atoms with E-state index >= 15 is 0 Å². The number of hydrogen-bond donors (Lipinski definition) is 2. The second-order valence-corrected chi connectivity index (χ2v) is 4.93. The summed E-state index contributed by atoms with van der Waals surface area (Å²) < 4.78 is 0. The van der Waals surface area contributed by atoms with Gasteiger partial charge in [0.1, 0.15) is 4.99 Å². The van der Waals surface area contributed by atoms with E-state index in [0.29, 0.717) is 11.0 Å². The number of thiocarbonyl (C=S) groups is 1. The van der Waals surface area contributed by atoms with Crippen molar-refractivity contribution in [2.75, 3.05) is 18.1 Å². The third-order valence-corrected chi connectivity index (χ3v) is 3.55. The number of hydrogen-bond acceptors (Lipinski definition) is 5. The number of nitrogens with two attached hydrogens (primary N) is 1. The molecule has 1 unspecified atom stereocenters. The summed E-state index contributed by atoms with van der Waals surface area (Å²) in [5.74, 6) is 0.753. The fraction of sp³-hybridized carbons (Fsp3) is 0.583. The summed E-state index contributed by atoms with van der Waals surface area (Å²) in [7, 11) is 0. The number of aromatic nitrogens is 2. The summed E-state index contributed by atoms with van der Waals surface area (Å²) in [6.07, 6.45) is 5.71. The highest BCUT2D eigenvalue weighted by Crippen LogP contribution is 2.27. The van der Waals surface area contributed by atoms with Gasteiger partial charge in [0.05, 0.1) is 11.8 Å². The van der Waals surface area contributed by atoms with Crippen molar-refractivity contribution in [1.82, 2.24) is 10.2 Å². The number of aliphatic hydroxyl groups excluding tert-OH is 1. The highest BCUT2D eigenvalue weighted by molar-refractivity contribution is 7.80. The summed E-state index contributed by atoms with van der Waals surface area (Å²) >= 11 is 5.06. The molecule has 0 aromatic carbocycles. The van der Waals surface area contributed by atoms with Crippen LogP contribution in [0.5, 0.6) is 0 Å². The van der Waals surface area contributed by atoms with Crippen LogP contribution in [0, 0.1) is 0 Å². The van der Waals surface area contributed by atoms with Crippen LogP contribution in [-0.4, -0.2) is 39.5 Å². The van der Waals surface area contributed by atoms with Crippen molar-refractivity contribution in [3.63, 3.8) is 0 Å². The molecule has 2 rings (SSSR count). The third-order valence-electron chi connectivity index (χ3n) is 3.33. The van der Waals surface area contributed by atoms with Crippen LogP contribution in [0.1, 0.15) is 31.2 Å². The SMILES string of the molecule is NC(=S)c1ccnnc1N1CCCCC1CCO. The Morgan fingerprint density at radius 2 is 2.39 bits per heavy atom. The molecule has 5 nitrogen and oxygen atoms in total. The van der Waals surface area contributed by atoms with Crippen molar-refractivity contribution in [3.05, 3.63) is 17.8 Å². The van der Waals surface area contributed by atoms with Crippen molar-refractivity contribution in [1.29, 1.82) is 0 Å². The lowest BCUT2D eigenvalue weighted by atomic mass is 9.99. The molecule has 18 heavy (non-hydrogen) atoms. The van der Waals surface area contributed by atoms with E-state index in [0.717, 1.165) is 37.2 Å². The summed E-state index contributed by atoms with van der Waals surface area (Å²) in [6, 6.07) is 2.10. The first-order valence-corrected chi connectivity index (χ1v) is 6.64. The molecule has 0 saturated carbocycles. The molecule has 1 aliphatic heterocycles. The minimum atomic E-state index is 0.184. The molecule has 0 amide bonds. The number of anilines is 1. The van der Waals surface area contributed by atoms with Crippen LogP contribution in [0.3, 0.4) is 0 Å². The van der Waals surface area contributed by atoms with Gasteiger partial charge in [0.25, 0.3) is 0 Å². The van der Waals surface area contributed by atoms with E-state index in [1.165, 1.54) is 6.42 Å². The van der Waals surface area contributed by atoms with Crippen molar-refractivity contribution >= 4 is 23.0 Å². The summed E-state index contributed by atoms with van der Waals surface area (Å²) in [4.78, 5) is 2.52. The minimum Gasteiger partial charge on any atom is -0.396 e. The molecular weight excluding hydrogens is 248 g/mol. The van der Waals surface area contributed by atoms with Gasteiger partial charge in [-0.2, -0.15) is 5.10 Å². The minimum absolute atomic E-state index is 0.184. The van der Waals surface area contributed by atoms with E-state index in [1.807, 2.05) is 0 Å². The Kier molecular flexibility index (Phi) is 4.43. The lowest BCUT2D eigenvalue weighted by molar-refractivity contribution is 0.262. The maximum atomic E-state index is 9.15. The molecule has 1 saturated heterocycles. The molecule has 0 aliphatic carbocycles. The van der Waals surface area contributed by atoms with Gasteiger partial charge in [-0.25, -0.2) is 0 Å². The first-order valence-electron chi connectivity index (χ1n) is 6.23. The monoisotopic (exact) mass is 266 g/mol. The van der Waals surface area contributed by atoms with Crippen LogP contribution in [0.15, 0.2) is 12.3 Å². The zero-order valence-electron chi connectivity index (χ0n) is 10.2. The van der Waals surface area contributed by atoms with Gasteiger partial charge < -0.3 is 15.7 Å². The molecule has 0 spiro atoms. The topological polar surface area (TPSA) is 75.3 Å². The molecule has 0 radical (unpaired) electrons. The van der Waals surface area contributed by atoms with Crippen LogP contribution in [0.2, 0.25) is 0 Å². The highest BCUT2D eigenvalue weighted by atomic mass is 32.1. The standard InChI is InChI=1S/C12H18N4OS/c13-11(18)10-4-6-14-15-12(10)16-7-2-1-3-9(16)5-8-17/h4,6,9,17H,1-3,5,7-8H2,(H2,13,18). The lowest BCUT2D eigenvalue weighted by Gasteiger charge is -2.37. The zero-order valence-corrected chi connectivity index (χ0v) is 11.1. The molecule has 1 aliphatic rings. The Morgan fingerprint density at radius 3 is 3.11 bits per heavy atom. The van der Waals surface area contributed by atoms with Crippen molar-refractivity contribution in [2.45, 2.75) is 31.7 Å². The van der Waals surface area contributed by atoms with Crippen molar-refractivity contribution < 1.29 is 5.11 Å². The van der Waals surface area contributed by atoms with Gasteiger partial charge in [-0.15, -0.1) is 5.10 Å². The Labute approximate surface area is 112 Å². The Hall–Kier alpha value is -1.27. The van der Waals surface area contributed by atoms with Gasteiger partial charge in [-0.1, -0.05) is 12.2 Å². The Bertz CT molecular complexity index is 424. The molecular formula is C12H18N4OS. The van der Waals surface area contributed by atoms with Gasteiger partial charge >= 0.3 is 0 Å². The van der Waals surface area contributed by atoms with Crippen molar-refractivity contribution in [3.8, 4) is 0 Å². The van der Waals surface area contributed by atoms with Gasteiger partial charge in [0.15, 0.2) is 5.82 Å². The van der Waals surface area contributed by atoms with Gasteiger partial charge in [-0.3, -0.25) is 0 Å². The first-order chi connectivity index (χ1) is 8.74. The summed E-state index contributed by atoms with van der Waals surface area (Å²) in [5, 5.41) is 17.3. The van der Waals surface area contributed by atoms with E-state index in [4.69, 9.17) is 23.1 Å². The number of piperidine rings is 1. The van der Waals surface area contributed by atoms with Crippen LogP contribution >= 0.6 is 12.2 Å². The molecule has 0 bridgehead atoms. The van der Waals surface area contributed by atoms with Crippen molar-refractivity contribution in [2.24, 2.45) is 5.73 Å². The second kappa shape index (κ2) is 6.06. The van der Waals surface area contributed by atoms with E-state index in [9.17, 15) is 0 Å². The maximum Gasteiger partial charge on any atom is 0.161 e. The van der Waals surface area contributed by atoms with E-state index in [1.54, 1.807) is 12.3 Å². The predicted octanol–water partition coefficient (Wildman–Crippen LogP) is 0.852. The smallest absolute Gasteiger partial charge is 0.161 e.